The van der Waals surface area contributed by atoms with Crippen LogP contribution in [-0.2, 0) is 13.1 Å². The summed E-state index contributed by atoms with van der Waals surface area (Å²) in [4.78, 5) is 7.29. The van der Waals surface area contributed by atoms with E-state index in [1.807, 2.05) is 36.5 Å². The minimum absolute atomic E-state index is 0. The largest absolute Gasteiger partial charge is 0.494 e. The van der Waals surface area contributed by atoms with E-state index in [2.05, 4.69) is 47.7 Å². The number of hydrogen-bond acceptors (Lipinski definition) is 3. The Morgan fingerprint density at radius 3 is 2.67 bits per heavy atom. The average molecular weight is 459 g/mol. The molecular weight excluding hydrogens is 433 g/mol. The average Bonchev–Trinajstić information content (AvgIpc) is 2.96. The van der Waals surface area contributed by atoms with E-state index in [4.69, 9.17) is 4.74 Å². The number of guanidine groups is 1. The summed E-state index contributed by atoms with van der Waals surface area (Å²) < 4.78 is 5.53. The van der Waals surface area contributed by atoms with Crippen molar-refractivity contribution < 1.29 is 4.74 Å². The van der Waals surface area contributed by atoms with Gasteiger partial charge < -0.3 is 15.4 Å². The molecule has 1 heterocycles. The summed E-state index contributed by atoms with van der Waals surface area (Å²) in [6.45, 7) is 9.12. The van der Waals surface area contributed by atoms with Gasteiger partial charge in [-0.05, 0) is 50.6 Å². The van der Waals surface area contributed by atoms with Gasteiger partial charge in [0.05, 0.1) is 19.7 Å². The minimum atomic E-state index is 0. The Morgan fingerprint density at radius 2 is 2.00 bits per heavy atom. The lowest BCUT2D eigenvalue weighted by atomic mass is 10.2. The van der Waals surface area contributed by atoms with E-state index in [0.29, 0.717) is 13.2 Å². The summed E-state index contributed by atoms with van der Waals surface area (Å²) in [6.07, 6.45) is 0. The molecule has 0 amide bonds. The van der Waals surface area contributed by atoms with Crippen molar-refractivity contribution in [1.82, 2.24) is 10.6 Å². The molecule has 0 aliphatic rings. The number of aryl methyl sites for hydroxylation is 1. The van der Waals surface area contributed by atoms with Gasteiger partial charge in [0.2, 0.25) is 0 Å². The molecule has 0 aliphatic heterocycles. The zero-order valence-corrected chi connectivity index (χ0v) is 17.6. The maximum absolute atomic E-state index is 5.53. The van der Waals surface area contributed by atoms with Crippen molar-refractivity contribution in [1.29, 1.82) is 0 Å². The summed E-state index contributed by atoms with van der Waals surface area (Å²) in [7, 11) is 0. The van der Waals surface area contributed by atoms with Gasteiger partial charge in [0.1, 0.15) is 5.75 Å². The number of hydrogen-bond donors (Lipinski definition) is 2. The molecule has 0 spiro atoms. The molecule has 4 nitrogen and oxygen atoms in total. The van der Waals surface area contributed by atoms with Crippen LogP contribution in [0.3, 0.4) is 0 Å². The molecule has 6 heteroatoms. The SMILES string of the molecule is CCNC(=NCc1cccc(OCC)c1)NCc1ccc(C)s1.I. The van der Waals surface area contributed by atoms with Gasteiger partial charge >= 0.3 is 0 Å². The molecule has 1 aromatic carbocycles. The van der Waals surface area contributed by atoms with E-state index in [1.54, 1.807) is 0 Å². The minimum Gasteiger partial charge on any atom is -0.494 e. The standard InChI is InChI=1S/C18H25N3OS.HI/c1-4-19-18(21-13-17-10-9-14(3)23-17)20-12-15-7-6-8-16(11-15)22-5-2;/h6-11H,4-5,12-13H2,1-3H3,(H2,19,20,21);1H. The fourth-order valence-electron chi connectivity index (χ4n) is 2.16. The van der Waals surface area contributed by atoms with E-state index in [-0.39, 0.29) is 24.0 Å². The Morgan fingerprint density at radius 1 is 1.17 bits per heavy atom. The van der Waals surface area contributed by atoms with Crippen LogP contribution in [0.1, 0.15) is 29.2 Å². The van der Waals surface area contributed by atoms with Crippen LogP contribution in [0.4, 0.5) is 0 Å². The van der Waals surface area contributed by atoms with Gasteiger partial charge in [-0.15, -0.1) is 35.3 Å². The lowest BCUT2D eigenvalue weighted by Crippen LogP contribution is -2.36. The fraction of sp³-hybridized carbons (Fsp3) is 0.389. The van der Waals surface area contributed by atoms with Gasteiger partial charge in [-0.2, -0.15) is 0 Å². The highest BCUT2D eigenvalue weighted by Crippen LogP contribution is 2.15. The molecule has 0 atom stereocenters. The number of thiophene rings is 1. The molecule has 1 aromatic heterocycles. The van der Waals surface area contributed by atoms with Gasteiger partial charge in [0.15, 0.2) is 5.96 Å². The lowest BCUT2D eigenvalue weighted by molar-refractivity contribution is 0.340. The van der Waals surface area contributed by atoms with E-state index < -0.39 is 0 Å². The topological polar surface area (TPSA) is 45.7 Å². The van der Waals surface area contributed by atoms with Crippen molar-refractivity contribution in [2.75, 3.05) is 13.2 Å². The first-order valence-corrected chi connectivity index (χ1v) is 8.82. The third-order valence-electron chi connectivity index (χ3n) is 3.20. The van der Waals surface area contributed by atoms with Crippen LogP contribution < -0.4 is 15.4 Å². The van der Waals surface area contributed by atoms with Gasteiger partial charge in [-0.1, -0.05) is 12.1 Å². The molecule has 0 saturated heterocycles. The number of nitrogens with zero attached hydrogens (tertiary/aromatic N) is 1. The lowest BCUT2D eigenvalue weighted by Gasteiger charge is -2.11. The van der Waals surface area contributed by atoms with Crippen molar-refractivity contribution in [2.24, 2.45) is 4.99 Å². The molecule has 24 heavy (non-hydrogen) atoms. The van der Waals surface area contributed by atoms with Crippen molar-refractivity contribution in [3.8, 4) is 5.75 Å². The third-order valence-corrected chi connectivity index (χ3v) is 4.20. The highest BCUT2D eigenvalue weighted by molar-refractivity contribution is 14.0. The second-order valence-corrected chi connectivity index (χ2v) is 6.51. The van der Waals surface area contributed by atoms with Gasteiger partial charge in [0.25, 0.3) is 0 Å². The number of ether oxygens (including phenoxy) is 1. The zero-order valence-electron chi connectivity index (χ0n) is 14.5. The summed E-state index contributed by atoms with van der Waals surface area (Å²) in [5.74, 6) is 1.73. The smallest absolute Gasteiger partial charge is 0.191 e. The molecular formula is C18H26IN3OS. The number of halogens is 1. The van der Waals surface area contributed by atoms with E-state index >= 15 is 0 Å². The summed E-state index contributed by atoms with van der Waals surface area (Å²) in [6, 6.07) is 12.4. The summed E-state index contributed by atoms with van der Waals surface area (Å²) >= 11 is 1.81. The second-order valence-electron chi connectivity index (χ2n) is 5.14. The maximum Gasteiger partial charge on any atom is 0.191 e. The van der Waals surface area contributed by atoms with Crippen LogP contribution in [0.25, 0.3) is 0 Å². The fourth-order valence-corrected chi connectivity index (χ4v) is 2.99. The molecule has 132 valence electrons. The highest BCUT2D eigenvalue weighted by Gasteiger charge is 2.01. The predicted octanol–water partition coefficient (Wildman–Crippen LogP) is 4.33. The van der Waals surface area contributed by atoms with E-state index in [1.165, 1.54) is 9.75 Å². The van der Waals surface area contributed by atoms with Crippen molar-refractivity contribution in [2.45, 2.75) is 33.9 Å². The molecule has 0 bridgehead atoms. The maximum atomic E-state index is 5.53. The first-order valence-electron chi connectivity index (χ1n) is 8.00. The number of nitrogens with one attached hydrogen (secondary N) is 2. The number of aliphatic imine (C=N–C) groups is 1. The normalized spacial score (nSPS) is 10.9. The quantitative estimate of drug-likeness (QED) is 0.368. The van der Waals surface area contributed by atoms with Crippen LogP contribution >= 0.6 is 35.3 Å². The Balaban J connectivity index is 0.00000288. The van der Waals surface area contributed by atoms with Gasteiger partial charge in [0, 0.05) is 16.3 Å². The van der Waals surface area contributed by atoms with E-state index in [9.17, 15) is 0 Å². The van der Waals surface area contributed by atoms with Gasteiger partial charge in [-0.3, -0.25) is 0 Å². The van der Waals surface area contributed by atoms with Crippen LogP contribution in [0.15, 0.2) is 41.4 Å². The molecule has 0 aliphatic carbocycles. The molecule has 0 fully saturated rings. The first-order chi connectivity index (χ1) is 11.2. The van der Waals surface area contributed by atoms with Gasteiger partial charge in [-0.25, -0.2) is 4.99 Å². The van der Waals surface area contributed by atoms with Crippen molar-refractivity contribution >= 4 is 41.3 Å². The molecule has 2 N–H and O–H groups in total. The number of benzene rings is 1. The van der Waals surface area contributed by atoms with E-state index in [0.717, 1.165) is 30.4 Å². The summed E-state index contributed by atoms with van der Waals surface area (Å²) in [5, 5.41) is 6.66. The molecule has 2 aromatic rings. The Bertz CT molecular complexity index is 643. The third kappa shape index (κ3) is 7.09. The Labute approximate surface area is 165 Å². The zero-order chi connectivity index (χ0) is 16.5. The highest BCUT2D eigenvalue weighted by atomic mass is 127. The predicted molar refractivity (Wildman–Crippen MR) is 114 cm³/mol. The van der Waals surface area contributed by atoms with Crippen LogP contribution in [0.2, 0.25) is 0 Å². The van der Waals surface area contributed by atoms with Crippen molar-refractivity contribution in [3.63, 3.8) is 0 Å². The second kappa shape index (κ2) is 11.3. The summed E-state index contributed by atoms with van der Waals surface area (Å²) in [5.41, 5.74) is 1.14. The monoisotopic (exact) mass is 459 g/mol. The van der Waals surface area contributed by atoms with Crippen molar-refractivity contribution in [3.05, 3.63) is 51.7 Å². The van der Waals surface area contributed by atoms with Crippen LogP contribution in [0.5, 0.6) is 5.75 Å². The Kier molecular flexibility index (Phi) is 9.78. The van der Waals surface area contributed by atoms with Crippen LogP contribution in [0, 0.1) is 6.92 Å². The molecule has 0 saturated carbocycles. The molecule has 0 radical (unpaired) electrons. The number of rotatable bonds is 7. The molecule has 2 rings (SSSR count). The molecule has 0 unspecified atom stereocenters. The first kappa shape index (κ1) is 20.8. The Hall–Kier alpha value is -1.28. The van der Waals surface area contributed by atoms with Crippen LogP contribution in [-0.4, -0.2) is 19.1 Å².